The maximum Gasteiger partial charge on any atom is 0.337 e. The van der Waals surface area contributed by atoms with Crippen molar-refractivity contribution in [2.75, 3.05) is 26.6 Å². The van der Waals surface area contributed by atoms with Crippen molar-refractivity contribution < 1.29 is 23.8 Å². The van der Waals surface area contributed by atoms with E-state index in [0.717, 1.165) is 0 Å². The molecule has 138 valence electrons. The number of hydrogen-bond donors (Lipinski definition) is 3. The van der Waals surface area contributed by atoms with Crippen molar-refractivity contribution >= 4 is 29.2 Å². The fourth-order valence-electron chi connectivity index (χ4n) is 2.09. The molecule has 26 heavy (non-hydrogen) atoms. The van der Waals surface area contributed by atoms with Gasteiger partial charge in [0.05, 0.1) is 21.3 Å². The van der Waals surface area contributed by atoms with Crippen molar-refractivity contribution in [1.82, 2.24) is 10.9 Å². The van der Waals surface area contributed by atoms with E-state index in [4.69, 9.17) is 25.8 Å². The minimum Gasteiger partial charge on any atom is -0.493 e. The lowest BCUT2D eigenvalue weighted by Gasteiger charge is -2.14. The summed E-state index contributed by atoms with van der Waals surface area (Å²) in [4.78, 5) is 24.1. The van der Waals surface area contributed by atoms with Gasteiger partial charge in [-0.2, -0.15) is 0 Å². The molecule has 0 aliphatic heterocycles. The minimum absolute atomic E-state index is 0.214. The molecule has 0 saturated heterocycles. The van der Waals surface area contributed by atoms with Gasteiger partial charge in [-0.1, -0.05) is 11.6 Å². The summed E-state index contributed by atoms with van der Waals surface area (Å²) in [5.41, 5.74) is 5.28. The first-order valence-corrected chi connectivity index (χ1v) is 7.79. The van der Waals surface area contributed by atoms with Gasteiger partial charge in [-0.3, -0.25) is 10.2 Å². The average molecular weight is 380 g/mol. The third-order valence-corrected chi connectivity index (χ3v) is 3.57. The summed E-state index contributed by atoms with van der Waals surface area (Å²) in [5, 5.41) is 3.09. The Morgan fingerprint density at radius 3 is 1.96 bits per heavy atom. The van der Waals surface area contributed by atoms with Crippen molar-refractivity contribution in [1.29, 1.82) is 0 Å². The lowest BCUT2D eigenvalue weighted by Crippen LogP contribution is -2.43. The number of anilines is 1. The molecule has 0 fully saturated rings. The minimum atomic E-state index is -0.617. The van der Waals surface area contributed by atoms with Gasteiger partial charge in [0.1, 0.15) is 0 Å². The molecule has 8 nitrogen and oxygen atoms in total. The van der Waals surface area contributed by atoms with Crippen molar-refractivity contribution in [3.63, 3.8) is 0 Å². The van der Waals surface area contributed by atoms with E-state index in [1.165, 1.54) is 33.5 Å². The average Bonchev–Trinajstić information content (AvgIpc) is 2.66. The summed E-state index contributed by atoms with van der Waals surface area (Å²) in [7, 11) is 4.34. The van der Waals surface area contributed by atoms with Gasteiger partial charge in [-0.25, -0.2) is 10.2 Å². The van der Waals surface area contributed by atoms with Crippen LogP contribution in [-0.4, -0.2) is 33.3 Å². The molecule has 0 bridgehead atoms. The Morgan fingerprint density at radius 2 is 1.46 bits per heavy atom. The third kappa shape index (κ3) is 4.70. The molecule has 0 radical (unpaired) electrons. The summed E-state index contributed by atoms with van der Waals surface area (Å²) in [6.45, 7) is 0. The van der Waals surface area contributed by atoms with Crippen LogP contribution >= 0.6 is 11.6 Å². The number of methoxy groups -OCH3 is 3. The van der Waals surface area contributed by atoms with Crippen LogP contribution in [0.15, 0.2) is 36.4 Å². The SMILES string of the molecule is COc1cc(C(=O)NNC(=O)Nc2ccc(Cl)cc2)cc(OC)c1OC. The molecule has 2 rings (SSSR count). The maximum atomic E-state index is 12.3. The monoisotopic (exact) mass is 379 g/mol. The van der Waals surface area contributed by atoms with E-state index < -0.39 is 11.9 Å². The Kier molecular flexibility index (Phi) is 6.51. The normalized spacial score (nSPS) is 9.85. The molecule has 0 aliphatic carbocycles. The van der Waals surface area contributed by atoms with Crippen molar-refractivity contribution in [3.8, 4) is 17.2 Å². The van der Waals surface area contributed by atoms with E-state index in [9.17, 15) is 9.59 Å². The van der Waals surface area contributed by atoms with Crippen LogP contribution in [0.25, 0.3) is 0 Å². The number of amides is 3. The van der Waals surface area contributed by atoms with Crippen LogP contribution in [0, 0.1) is 0 Å². The highest BCUT2D eigenvalue weighted by Crippen LogP contribution is 2.38. The molecule has 2 aromatic carbocycles. The van der Waals surface area contributed by atoms with E-state index >= 15 is 0 Å². The van der Waals surface area contributed by atoms with Crippen LogP contribution in [0.2, 0.25) is 5.02 Å². The fraction of sp³-hybridized carbons (Fsp3) is 0.176. The predicted octanol–water partition coefficient (Wildman–Crippen LogP) is 2.83. The van der Waals surface area contributed by atoms with Crippen LogP contribution in [0.1, 0.15) is 10.4 Å². The smallest absolute Gasteiger partial charge is 0.337 e. The predicted molar refractivity (Wildman–Crippen MR) is 97.2 cm³/mol. The molecular weight excluding hydrogens is 362 g/mol. The first kappa shape index (κ1) is 19.2. The molecule has 0 heterocycles. The molecule has 0 unspecified atom stereocenters. The first-order valence-electron chi connectivity index (χ1n) is 7.41. The Hall–Kier alpha value is -3.13. The standard InChI is InChI=1S/C17H18ClN3O5/c1-24-13-8-10(9-14(25-2)15(13)26-3)16(22)20-21-17(23)19-12-6-4-11(18)5-7-12/h4-9H,1-3H3,(H,20,22)(H2,19,21,23). The Bertz CT molecular complexity index is 770. The number of ether oxygens (including phenoxy) is 3. The molecule has 0 spiro atoms. The van der Waals surface area contributed by atoms with Gasteiger partial charge < -0.3 is 19.5 Å². The van der Waals surface area contributed by atoms with Crippen LogP contribution in [0.3, 0.4) is 0 Å². The number of benzene rings is 2. The molecular formula is C17H18ClN3O5. The number of nitrogens with one attached hydrogen (secondary N) is 3. The van der Waals surface area contributed by atoms with E-state index in [1.54, 1.807) is 24.3 Å². The topological polar surface area (TPSA) is 97.9 Å². The Morgan fingerprint density at radius 1 is 0.885 bits per heavy atom. The number of urea groups is 1. The number of halogens is 1. The number of hydrazine groups is 1. The molecule has 0 atom stereocenters. The Balaban J connectivity index is 2.03. The van der Waals surface area contributed by atoms with E-state index in [2.05, 4.69) is 16.2 Å². The fourth-order valence-corrected chi connectivity index (χ4v) is 2.22. The van der Waals surface area contributed by atoms with Gasteiger partial charge in [0.2, 0.25) is 5.75 Å². The summed E-state index contributed by atoms with van der Waals surface area (Å²) in [6.07, 6.45) is 0. The number of carbonyl (C=O) groups excluding carboxylic acids is 2. The van der Waals surface area contributed by atoms with Gasteiger partial charge in [0.25, 0.3) is 5.91 Å². The molecule has 3 N–H and O–H groups in total. The third-order valence-electron chi connectivity index (χ3n) is 3.32. The molecule has 0 aromatic heterocycles. The molecule has 3 amide bonds. The van der Waals surface area contributed by atoms with Crippen molar-refractivity contribution in [2.24, 2.45) is 0 Å². The molecule has 9 heteroatoms. The van der Waals surface area contributed by atoms with E-state index in [-0.39, 0.29) is 5.56 Å². The second-order valence-corrected chi connectivity index (χ2v) is 5.39. The van der Waals surface area contributed by atoms with Crippen LogP contribution in [0.5, 0.6) is 17.2 Å². The summed E-state index contributed by atoms with van der Waals surface area (Å²) in [5.74, 6) is 0.445. The zero-order chi connectivity index (χ0) is 19.1. The number of carbonyl (C=O) groups is 2. The van der Waals surface area contributed by atoms with Crippen LogP contribution < -0.4 is 30.4 Å². The zero-order valence-electron chi connectivity index (χ0n) is 14.4. The van der Waals surface area contributed by atoms with Gasteiger partial charge in [0, 0.05) is 16.3 Å². The highest BCUT2D eigenvalue weighted by molar-refractivity contribution is 6.30. The molecule has 0 saturated carbocycles. The lowest BCUT2D eigenvalue weighted by atomic mass is 10.1. The maximum absolute atomic E-state index is 12.3. The second kappa shape index (κ2) is 8.82. The first-order chi connectivity index (χ1) is 12.5. The van der Waals surface area contributed by atoms with Gasteiger partial charge in [-0.15, -0.1) is 0 Å². The largest absolute Gasteiger partial charge is 0.493 e. The zero-order valence-corrected chi connectivity index (χ0v) is 15.1. The van der Waals surface area contributed by atoms with Crippen LogP contribution in [-0.2, 0) is 0 Å². The number of hydrogen-bond acceptors (Lipinski definition) is 5. The van der Waals surface area contributed by atoms with Gasteiger partial charge >= 0.3 is 6.03 Å². The van der Waals surface area contributed by atoms with E-state index in [0.29, 0.717) is 28.0 Å². The quantitative estimate of drug-likeness (QED) is 0.694. The Labute approximate surface area is 155 Å². The van der Waals surface area contributed by atoms with Crippen molar-refractivity contribution in [2.45, 2.75) is 0 Å². The number of rotatable bonds is 5. The van der Waals surface area contributed by atoms with Gasteiger partial charge in [-0.05, 0) is 36.4 Å². The van der Waals surface area contributed by atoms with Crippen molar-refractivity contribution in [3.05, 3.63) is 47.0 Å². The summed E-state index contributed by atoms with van der Waals surface area (Å²) in [6, 6.07) is 8.84. The highest BCUT2D eigenvalue weighted by Gasteiger charge is 2.17. The second-order valence-electron chi connectivity index (χ2n) is 4.95. The van der Waals surface area contributed by atoms with Gasteiger partial charge in [0.15, 0.2) is 11.5 Å². The lowest BCUT2D eigenvalue weighted by molar-refractivity contribution is 0.0937. The summed E-state index contributed by atoms with van der Waals surface area (Å²) >= 11 is 5.78. The summed E-state index contributed by atoms with van der Waals surface area (Å²) < 4.78 is 15.6. The molecule has 0 aliphatic rings. The van der Waals surface area contributed by atoms with Crippen LogP contribution in [0.4, 0.5) is 10.5 Å². The molecule has 2 aromatic rings. The highest BCUT2D eigenvalue weighted by atomic mass is 35.5. The van der Waals surface area contributed by atoms with E-state index in [1.807, 2.05) is 0 Å².